The first-order valence-electron chi connectivity index (χ1n) is 8.77. The van der Waals surface area contributed by atoms with Crippen molar-refractivity contribution < 1.29 is 9.53 Å². The van der Waals surface area contributed by atoms with Gasteiger partial charge in [-0.05, 0) is 29.5 Å². The molecule has 1 aromatic heterocycles. The van der Waals surface area contributed by atoms with Crippen LogP contribution in [-0.4, -0.2) is 27.5 Å². The lowest BCUT2D eigenvalue weighted by Crippen LogP contribution is -2.32. The molecule has 0 bridgehead atoms. The van der Waals surface area contributed by atoms with Crippen LogP contribution in [0.25, 0.3) is 0 Å². The number of ether oxygens (including phenoxy) is 1. The lowest BCUT2D eigenvalue weighted by atomic mass is 9.87. The van der Waals surface area contributed by atoms with Crippen molar-refractivity contribution in [1.82, 2.24) is 10.2 Å². The van der Waals surface area contributed by atoms with Gasteiger partial charge in [-0.1, -0.05) is 76.8 Å². The van der Waals surface area contributed by atoms with E-state index in [1.807, 2.05) is 31.2 Å². The number of thioether (sulfide) groups is 1. The summed E-state index contributed by atoms with van der Waals surface area (Å²) in [5, 5.41) is 11.9. The van der Waals surface area contributed by atoms with Gasteiger partial charge in [-0.15, -0.1) is 10.2 Å². The molecule has 0 unspecified atom stereocenters. The Hall–Kier alpha value is -1.60. The summed E-state index contributed by atoms with van der Waals surface area (Å²) in [5.74, 6) is 0.484. The Labute approximate surface area is 163 Å². The molecule has 0 aliphatic heterocycles. The van der Waals surface area contributed by atoms with Crippen LogP contribution in [0.15, 0.2) is 28.6 Å². The Morgan fingerprint density at radius 3 is 2.42 bits per heavy atom. The zero-order valence-electron chi connectivity index (χ0n) is 16.2. The fourth-order valence-electron chi connectivity index (χ4n) is 2.22. The SMILES string of the molecule is CC[C@@H](Oc1ccc(C(C)(C)C)cc1)C(=O)Nc1nnc(SC(C)C)s1. The third-order valence-electron chi connectivity index (χ3n) is 3.64. The molecule has 0 fully saturated rings. The number of benzene rings is 1. The van der Waals surface area contributed by atoms with Gasteiger partial charge in [0.05, 0.1) is 0 Å². The van der Waals surface area contributed by atoms with Crippen LogP contribution in [0.2, 0.25) is 0 Å². The molecule has 1 atom stereocenters. The third-order valence-corrected chi connectivity index (χ3v) is 5.56. The van der Waals surface area contributed by atoms with Crippen molar-refractivity contribution in [1.29, 1.82) is 0 Å². The molecule has 26 heavy (non-hydrogen) atoms. The van der Waals surface area contributed by atoms with E-state index in [9.17, 15) is 4.79 Å². The molecular weight excluding hydrogens is 366 g/mol. The highest BCUT2D eigenvalue weighted by Crippen LogP contribution is 2.29. The first kappa shape index (κ1) is 20.7. The van der Waals surface area contributed by atoms with Gasteiger partial charge in [-0.2, -0.15) is 0 Å². The third kappa shape index (κ3) is 5.99. The van der Waals surface area contributed by atoms with Crippen LogP contribution in [0.5, 0.6) is 5.75 Å². The van der Waals surface area contributed by atoms with Gasteiger partial charge in [-0.3, -0.25) is 10.1 Å². The van der Waals surface area contributed by atoms with Crippen molar-refractivity contribution in [3.05, 3.63) is 29.8 Å². The number of rotatable bonds is 7. The van der Waals surface area contributed by atoms with E-state index in [2.05, 4.69) is 50.1 Å². The molecule has 7 heteroatoms. The van der Waals surface area contributed by atoms with Crippen LogP contribution in [0.3, 0.4) is 0 Å². The molecule has 0 spiro atoms. The maximum Gasteiger partial charge on any atom is 0.267 e. The van der Waals surface area contributed by atoms with Crippen molar-refractivity contribution in [2.45, 2.75) is 69.1 Å². The predicted octanol–water partition coefficient (Wildman–Crippen LogP) is 5.13. The van der Waals surface area contributed by atoms with Gasteiger partial charge in [0.25, 0.3) is 5.91 Å². The van der Waals surface area contributed by atoms with Gasteiger partial charge in [-0.25, -0.2) is 0 Å². The standard InChI is InChI=1S/C19H27N3O2S2/c1-7-15(24-14-10-8-13(9-11-14)19(4,5)6)16(23)20-17-21-22-18(26-17)25-12(2)3/h8-12,15H,7H2,1-6H3,(H,20,21,23)/t15-/m1/s1. The summed E-state index contributed by atoms with van der Waals surface area (Å²) < 4.78 is 6.72. The van der Waals surface area contributed by atoms with Crippen LogP contribution in [0.4, 0.5) is 5.13 Å². The van der Waals surface area contributed by atoms with E-state index in [0.717, 1.165) is 4.34 Å². The highest BCUT2D eigenvalue weighted by Gasteiger charge is 2.21. The first-order chi connectivity index (χ1) is 12.2. The normalized spacial score (nSPS) is 12.9. The molecule has 0 saturated heterocycles. The molecule has 5 nitrogen and oxygen atoms in total. The first-order valence-corrected chi connectivity index (χ1v) is 10.5. The number of hydrogen-bond acceptors (Lipinski definition) is 6. The van der Waals surface area contributed by atoms with Crippen molar-refractivity contribution in [2.75, 3.05) is 5.32 Å². The number of hydrogen-bond donors (Lipinski definition) is 1. The highest BCUT2D eigenvalue weighted by atomic mass is 32.2. The Morgan fingerprint density at radius 2 is 1.88 bits per heavy atom. The maximum atomic E-state index is 12.5. The van der Waals surface area contributed by atoms with Crippen molar-refractivity contribution in [2.24, 2.45) is 0 Å². The summed E-state index contributed by atoms with van der Waals surface area (Å²) in [5.41, 5.74) is 1.32. The number of nitrogens with zero attached hydrogens (tertiary/aromatic N) is 2. The van der Waals surface area contributed by atoms with E-state index in [0.29, 0.717) is 22.6 Å². The minimum Gasteiger partial charge on any atom is -0.481 e. The molecule has 142 valence electrons. The molecule has 1 heterocycles. The van der Waals surface area contributed by atoms with Gasteiger partial charge >= 0.3 is 0 Å². The van der Waals surface area contributed by atoms with E-state index in [4.69, 9.17) is 4.74 Å². The molecular formula is C19H27N3O2S2. The largest absolute Gasteiger partial charge is 0.481 e. The number of anilines is 1. The minimum absolute atomic E-state index is 0.0869. The number of nitrogens with one attached hydrogen (secondary N) is 1. The second kappa shape index (κ2) is 8.86. The number of amides is 1. The molecule has 0 aliphatic rings. The average molecular weight is 394 g/mol. The lowest BCUT2D eigenvalue weighted by Gasteiger charge is -2.20. The van der Waals surface area contributed by atoms with Gasteiger partial charge in [0.1, 0.15) is 5.75 Å². The van der Waals surface area contributed by atoms with Crippen LogP contribution >= 0.6 is 23.1 Å². The number of aromatic nitrogens is 2. The van der Waals surface area contributed by atoms with Crippen molar-refractivity contribution >= 4 is 34.1 Å². The summed E-state index contributed by atoms with van der Waals surface area (Å²) in [6.45, 7) is 12.6. The lowest BCUT2D eigenvalue weighted by molar-refractivity contribution is -0.122. The second-order valence-electron chi connectivity index (χ2n) is 7.32. The van der Waals surface area contributed by atoms with Crippen LogP contribution in [0, 0.1) is 0 Å². The molecule has 2 aromatic rings. The molecule has 0 saturated carbocycles. The number of carbonyl (C=O) groups is 1. The van der Waals surface area contributed by atoms with E-state index >= 15 is 0 Å². The number of carbonyl (C=O) groups excluding carboxylic acids is 1. The second-order valence-corrected chi connectivity index (χ2v) is 10.1. The molecule has 1 amide bonds. The Balaban J connectivity index is 1.99. The van der Waals surface area contributed by atoms with Crippen LogP contribution in [0.1, 0.15) is 53.5 Å². The molecule has 1 N–H and O–H groups in total. The molecule has 1 aromatic carbocycles. The predicted molar refractivity (Wildman–Crippen MR) is 109 cm³/mol. The summed E-state index contributed by atoms with van der Waals surface area (Å²) in [7, 11) is 0. The Bertz CT molecular complexity index is 721. The minimum atomic E-state index is -0.569. The highest BCUT2D eigenvalue weighted by molar-refractivity contribution is 8.01. The van der Waals surface area contributed by atoms with E-state index in [1.165, 1.54) is 16.9 Å². The van der Waals surface area contributed by atoms with E-state index in [-0.39, 0.29) is 11.3 Å². The Morgan fingerprint density at radius 1 is 1.23 bits per heavy atom. The summed E-state index contributed by atoms with van der Waals surface area (Å²) in [6.07, 6.45) is -0.000189. The van der Waals surface area contributed by atoms with Gasteiger partial charge < -0.3 is 4.74 Å². The summed E-state index contributed by atoms with van der Waals surface area (Å²) >= 11 is 3.01. The van der Waals surface area contributed by atoms with Crippen molar-refractivity contribution in [3.8, 4) is 5.75 Å². The average Bonchev–Trinajstić information content (AvgIpc) is 2.98. The van der Waals surface area contributed by atoms with Gasteiger partial charge in [0.15, 0.2) is 10.4 Å². The quantitative estimate of drug-likeness (QED) is 0.522. The van der Waals surface area contributed by atoms with Crippen LogP contribution in [-0.2, 0) is 10.2 Å². The monoisotopic (exact) mass is 393 g/mol. The zero-order valence-corrected chi connectivity index (χ0v) is 17.8. The molecule has 2 rings (SSSR count). The fourth-order valence-corrected chi connectivity index (χ4v) is 4.19. The van der Waals surface area contributed by atoms with E-state index < -0.39 is 6.10 Å². The summed E-state index contributed by atoms with van der Waals surface area (Å²) in [4.78, 5) is 12.5. The Kier molecular flexibility index (Phi) is 7.06. The summed E-state index contributed by atoms with van der Waals surface area (Å²) in [6, 6.07) is 7.91. The van der Waals surface area contributed by atoms with Crippen LogP contribution < -0.4 is 10.1 Å². The van der Waals surface area contributed by atoms with E-state index in [1.54, 1.807) is 11.8 Å². The maximum absolute atomic E-state index is 12.5. The fraction of sp³-hybridized carbons (Fsp3) is 0.526. The smallest absolute Gasteiger partial charge is 0.267 e. The van der Waals surface area contributed by atoms with Gasteiger partial charge in [0, 0.05) is 5.25 Å². The molecule has 0 aliphatic carbocycles. The zero-order chi connectivity index (χ0) is 19.3. The molecule has 0 radical (unpaired) electrons. The van der Waals surface area contributed by atoms with Gasteiger partial charge in [0.2, 0.25) is 5.13 Å². The topological polar surface area (TPSA) is 64.1 Å². The van der Waals surface area contributed by atoms with Crippen molar-refractivity contribution in [3.63, 3.8) is 0 Å².